The fraction of sp³-hybridized carbons (Fsp3) is 0.350. The van der Waals surface area contributed by atoms with Crippen LogP contribution in [0.1, 0.15) is 33.7 Å². The molecule has 0 fully saturated rings. The minimum Gasteiger partial charge on any atom is -0.493 e. The molecular formula is C20H21N3O5. The van der Waals surface area contributed by atoms with Crippen molar-refractivity contribution in [2.24, 2.45) is 0 Å². The predicted molar refractivity (Wildman–Crippen MR) is 103 cm³/mol. The van der Waals surface area contributed by atoms with Gasteiger partial charge in [-0.05, 0) is 31.7 Å². The molecule has 0 radical (unpaired) electrons. The number of anilines is 1. The number of pyridine rings is 1. The fourth-order valence-electron chi connectivity index (χ4n) is 3.71. The second-order valence-electron chi connectivity index (χ2n) is 6.58. The summed E-state index contributed by atoms with van der Waals surface area (Å²) in [5.74, 6) is 1.14. The van der Waals surface area contributed by atoms with Crippen molar-refractivity contribution >= 4 is 22.7 Å². The van der Waals surface area contributed by atoms with Crippen molar-refractivity contribution in [1.82, 2.24) is 10.1 Å². The van der Waals surface area contributed by atoms with Crippen LogP contribution in [0, 0.1) is 6.92 Å². The summed E-state index contributed by atoms with van der Waals surface area (Å²) in [5.41, 5.74) is 4.01. The Balaban J connectivity index is 1.79. The van der Waals surface area contributed by atoms with Crippen molar-refractivity contribution in [3.8, 4) is 17.2 Å². The van der Waals surface area contributed by atoms with Gasteiger partial charge in [0.2, 0.25) is 5.75 Å². The van der Waals surface area contributed by atoms with Gasteiger partial charge in [0.05, 0.1) is 38.0 Å². The van der Waals surface area contributed by atoms with Gasteiger partial charge in [0, 0.05) is 23.5 Å². The summed E-state index contributed by atoms with van der Waals surface area (Å²) in [4.78, 5) is 17.8. The maximum atomic E-state index is 13.3. The average Bonchev–Trinajstić information content (AvgIpc) is 3.31. The quantitative estimate of drug-likeness (QED) is 0.722. The van der Waals surface area contributed by atoms with Gasteiger partial charge in [-0.3, -0.25) is 4.79 Å². The van der Waals surface area contributed by atoms with E-state index >= 15 is 0 Å². The molecule has 0 unspecified atom stereocenters. The van der Waals surface area contributed by atoms with Crippen LogP contribution in [0.15, 0.2) is 16.7 Å². The lowest BCUT2D eigenvalue weighted by molar-refractivity contribution is 0.102. The molecule has 2 aromatic heterocycles. The number of benzene rings is 1. The highest BCUT2D eigenvalue weighted by Gasteiger charge is 2.27. The number of nitrogens with zero attached hydrogens (tertiary/aromatic N) is 2. The van der Waals surface area contributed by atoms with E-state index < -0.39 is 0 Å². The summed E-state index contributed by atoms with van der Waals surface area (Å²) < 4.78 is 21.4. The molecule has 0 aliphatic heterocycles. The topological polar surface area (TPSA) is 95.7 Å². The molecule has 0 saturated heterocycles. The Hall–Kier alpha value is -3.29. The maximum Gasteiger partial charge on any atom is 0.259 e. The van der Waals surface area contributed by atoms with Gasteiger partial charge >= 0.3 is 0 Å². The lowest BCUT2D eigenvalue weighted by Gasteiger charge is -2.15. The molecule has 3 aromatic rings. The standard InChI is InChI=1S/C20H21N3O5/c1-10-16-17(12-6-5-7-13(12)22-20(16)28-23-10)19(24)21-11-8-14(25-2)18(27-4)15(9-11)26-3/h8-9H,5-7H2,1-4H3,(H,21,24). The average molecular weight is 383 g/mol. The number of fused-ring (bicyclic) bond motifs is 2. The number of aryl methyl sites for hydroxylation is 2. The summed E-state index contributed by atoms with van der Waals surface area (Å²) in [7, 11) is 4.59. The zero-order valence-electron chi connectivity index (χ0n) is 16.2. The number of hydrogen-bond donors (Lipinski definition) is 1. The first kappa shape index (κ1) is 18.1. The molecule has 0 atom stereocenters. The van der Waals surface area contributed by atoms with Crippen molar-refractivity contribution < 1.29 is 23.5 Å². The van der Waals surface area contributed by atoms with Gasteiger partial charge in [-0.25, -0.2) is 4.98 Å². The van der Waals surface area contributed by atoms with Gasteiger partial charge < -0.3 is 24.1 Å². The molecule has 0 saturated carbocycles. The molecule has 8 heteroatoms. The minimum atomic E-state index is -0.244. The molecule has 0 bridgehead atoms. The maximum absolute atomic E-state index is 13.3. The molecule has 4 rings (SSSR count). The minimum absolute atomic E-state index is 0.244. The molecule has 8 nitrogen and oxygen atoms in total. The zero-order chi connectivity index (χ0) is 19.8. The van der Waals surface area contributed by atoms with Crippen LogP contribution in [0.3, 0.4) is 0 Å². The van der Waals surface area contributed by atoms with Crippen LogP contribution in [0.4, 0.5) is 5.69 Å². The Labute approximate surface area is 161 Å². The highest BCUT2D eigenvalue weighted by molar-refractivity contribution is 6.13. The Morgan fingerprint density at radius 2 is 1.82 bits per heavy atom. The number of methoxy groups -OCH3 is 3. The molecule has 146 valence electrons. The van der Waals surface area contributed by atoms with Crippen LogP contribution in [-0.2, 0) is 12.8 Å². The van der Waals surface area contributed by atoms with Crippen LogP contribution >= 0.6 is 0 Å². The Bertz CT molecular complexity index is 1050. The second-order valence-corrected chi connectivity index (χ2v) is 6.58. The second kappa shape index (κ2) is 7.03. The van der Waals surface area contributed by atoms with E-state index in [4.69, 9.17) is 18.7 Å². The highest BCUT2D eigenvalue weighted by Crippen LogP contribution is 2.40. The van der Waals surface area contributed by atoms with E-state index in [1.807, 2.05) is 6.92 Å². The van der Waals surface area contributed by atoms with Crippen molar-refractivity contribution in [3.63, 3.8) is 0 Å². The van der Waals surface area contributed by atoms with Crippen LogP contribution in [0.25, 0.3) is 11.1 Å². The van der Waals surface area contributed by atoms with E-state index in [9.17, 15) is 4.79 Å². The Morgan fingerprint density at radius 1 is 1.11 bits per heavy atom. The van der Waals surface area contributed by atoms with Crippen LogP contribution < -0.4 is 19.5 Å². The fourth-order valence-corrected chi connectivity index (χ4v) is 3.71. The first-order valence-corrected chi connectivity index (χ1v) is 8.96. The molecule has 1 amide bonds. The number of ether oxygens (including phenoxy) is 3. The smallest absolute Gasteiger partial charge is 0.259 e. The first-order valence-electron chi connectivity index (χ1n) is 8.96. The van der Waals surface area contributed by atoms with Gasteiger partial charge in [0.1, 0.15) is 0 Å². The van der Waals surface area contributed by atoms with Crippen molar-refractivity contribution in [3.05, 3.63) is 34.6 Å². The number of aromatic nitrogens is 2. The van der Waals surface area contributed by atoms with Crippen molar-refractivity contribution in [1.29, 1.82) is 0 Å². The summed E-state index contributed by atoms with van der Waals surface area (Å²) in [5, 5.41) is 7.59. The Morgan fingerprint density at radius 3 is 2.46 bits per heavy atom. The summed E-state index contributed by atoms with van der Waals surface area (Å²) in [6.45, 7) is 1.81. The van der Waals surface area contributed by atoms with Gasteiger partial charge in [-0.2, -0.15) is 0 Å². The molecule has 0 spiro atoms. The Kier molecular flexibility index (Phi) is 4.54. The molecule has 1 aromatic carbocycles. The van der Waals surface area contributed by atoms with E-state index in [1.54, 1.807) is 12.1 Å². The largest absolute Gasteiger partial charge is 0.493 e. The van der Waals surface area contributed by atoms with Gasteiger partial charge in [-0.15, -0.1) is 0 Å². The van der Waals surface area contributed by atoms with Crippen LogP contribution in [0.2, 0.25) is 0 Å². The third-order valence-electron chi connectivity index (χ3n) is 4.97. The van der Waals surface area contributed by atoms with E-state index in [2.05, 4.69) is 15.5 Å². The third kappa shape index (κ3) is 2.81. The van der Waals surface area contributed by atoms with Gasteiger partial charge in [-0.1, -0.05) is 5.16 Å². The normalized spacial score (nSPS) is 12.7. The van der Waals surface area contributed by atoms with Crippen LogP contribution in [-0.4, -0.2) is 37.4 Å². The zero-order valence-corrected chi connectivity index (χ0v) is 16.2. The third-order valence-corrected chi connectivity index (χ3v) is 4.97. The molecular weight excluding hydrogens is 362 g/mol. The van der Waals surface area contributed by atoms with E-state index in [0.717, 1.165) is 30.5 Å². The molecule has 28 heavy (non-hydrogen) atoms. The lowest BCUT2D eigenvalue weighted by atomic mass is 10.0. The number of amides is 1. The number of carbonyl (C=O) groups is 1. The van der Waals surface area contributed by atoms with E-state index in [1.165, 1.54) is 21.3 Å². The van der Waals surface area contributed by atoms with Crippen molar-refractivity contribution in [2.45, 2.75) is 26.2 Å². The number of hydrogen-bond acceptors (Lipinski definition) is 7. The summed E-state index contributed by atoms with van der Waals surface area (Å²) in [6.07, 6.45) is 2.60. The summed E-state index contributed by atoms with van der Waals surface area (Å²) >= 11 is 0. The van der Waals surface area contributed by atoms with Crippen molar-refractivity contribution in [2.75, 3.05) is 26.6 Å². The van der Waals surface area contributed by atoms with E-state index in [0.29, 0.717) is 45.3 Å². The number of carbonyl (C=O) groups excluding carboxylic acids is 1. The van der Waals surface area contributed by atoms with Crippen LogP contribution in [0.5, 0.6) is 17.2 Å². The highest BCUT2D eigenvalue weighted by atomic mass is 16.5. The predicted octanol–water partition coefficient (Wildman–Crippen LogP) is 3.30. The number of nitrogens with one attached hydrogen (secondary N) is 1. The van der Waals surface area contributed by atoms with E-state index in [-0.39, 0.29) is 5.91 Å². The SMILES string of the molecule is COc1cc(NC(=O)c2c3c(nc4onc(C)c24)CCC3)cc(OC)c1OC. The summed E-state index contributed by atoms with van der Waals surface area (Å²) in [6, 6.07) is 3.39. The molecule has 1 N–H and O–H groups in total. The lowest BCUT2D eigenvalue weighted by Crippen LogP contribution is -2.16. The molecule has 2 heterocycles. The number of rotatable bonds is 5. The molecule has 1 aliphatic carbocycles. The van der Waals surface area contributed by atoms with Gasteiger partial charge in [0.25, 0.3) is 11.6 Å². The first-order chi connectivity index (χ1) is 13.6. The monoisotopic (exact) mass is 383 g/mol. The molecule has 1 aliphatic rings. The van der Waals surface area contributed by atoms with Gasteiger partial charge in [0.15, 0.2) is 11.5 Å².